The van der Waals surface area contributed by atoms with Gasteiger partial charge in [0.25, 0.3) is 5.91 Å². The molecule has 5 heteroatoms. The Morgan fingerprint density at radius 3 is 2.39 bits per heavy atom. The van der Waals surface area contributed by atoms with Gasteiger partial charge in [-0.1, -0.05) is 80.9 Å². The fourth-order valence-electron chi connectivity index (χ4n) is 3.06. The molecule has 3 atom stereocenters. The number of nitrogens with one attached hydrogen (secondary N) is 1. The largest absolute Gasteiger partial charge is 0.446 e. The fraction of sp³-hybridized carbons (Fsp3) is 0.304. The quantitative estimate of drug-likeness (QED) is 0.608. The third kappa shape index (κ3) is 4.87. The lowest BCUT2D eigenvalue weighted by atomic mass is 9.98. The minimum Gasteiger partial charge on any atom is -0.446 e. The Labute approximate surface area is 166 Å². The van der Waals surface area contributed by atoms with E-state index in [0.29, 0.717) is 12.3 Å². The number of hydrogen-bond donors (Lipinski definition) is 2. The molecule has 0 bridgehead atoms. The zero-order chi connectivity index (χ0) is 19.9. The predicted molar refractivity (Wildman–Crippen MR) is 110 cm³/mol. The Balaban J connectivity index is 1.77. The molecular weight excluding hydrogens is 350 g/mol. The lowest BCUT2D eigenvalue weighted by Gasteiger charge is -2.19. The summed E-state index contributed by atoms with van der Waals surface area (Å²) in [7, 11) is 0. The van der Waals surface area contributed by atoms with Crippen molar-refractivity contribution in [1.29, 1.82) is 0 Å². The molecular formula is C23H27N3O2. The van der Waals surface area contributed by atoms with E-state index >= 15 is 0 Å². The summed E-state index contributed by atoms with van der Waals surface area (Å²) in [5, 5.41) is 3.09. The van der Waals surface area contributed by atoms with Gasteiger partial charge in [-0.2, -0.15) is 0 Å². The van der Waals surface area contributed by atoms with Gasteiger partial charge in [0.1, 0.15) is 6.26 Å². The van der Waals surface area contributed by atoms with E-state index in [1.165, 1.54) is 6.26 Å². The van der Waals surface area contributed by atoms with Gasteiger partial charge in [0, 0.05) is 0 Å². The average molecular weight is 377 g/mol. The van der Waals surface area contributed by atoms with E-state index in [1.807, 2.05) is 55.5 Å². The number of oxazole rings is 1. The standard InChI is InChI=1S/C23H27N3O2/c1-3-16(2)21(24)23-26-20(15-28-23)22(27)25-19(18-12-8-5-9-13-18)14-17-10-6-4-7-11-17/h4-13,15-16,19,21H,3,14,24H2,1-2H3,(H,25,27). The molecule has 146 valence electrons. The van der Waals surface area contributed by atoms with Crippen molar-refractivity contribution in [3.63, 3.8) is 0 Å². The molecule has 1 aromatic heterocycles. The topological polar surface area (TPSA) is 81.1 Å². The lowest BCUT2D eigenvalue weighted by Crippen LogP contribution is -2.30. The van der Waals surface area contributed by atoms with Crippen molar-refractivity contribution in [3.05, 3.63) is 89.6 Å². The van der Waals surface area contributed by atoms with Crippen LogP contribution >= 0.6 is 0 Å². The molecule has 3 N–H and O–H groups in total. The summed E-state index contributed by atoms with van der Waals surface area (Å²) in [4.78, 5) is 17.1. The predicted octanol–water partition coefficient (Wildman–Crippen LogP) is 4.43. The van der Waals surface area contributed by atoms with E-state index in [-0.39, 0.29) is 29.6 Å². The number of carbonyl (C=O) groups excluding carboxylic acids is 1. The Morgan fingerprint density at radius 1 is 1.11 bits per heavy atom. The van der Waals surface area contributed by atoms with Crippen LogP contribution in [0.1, 0.15) is 59.9 Å². The molecule has 28 heavy (non-hydrogen) atoms. The van der Waals surface area contributed by atoms with Gasteiger partial charge in [0.2, 0.25) is 5.89 Å². The summed E-state index contributed by atoms with van der Waals surface area (Å²) in [6, 6.07) is 19.5. The highest BCUT2D eigenvalue weighted by Crippen LogP contribution is 2.22. The number of carbonyl (C=O) groups is 1. The average Bonchev–Trinajstić information content (AvgIpc) is 3.24. The maximum absolute atomic E-state index is 12.8. The van der Waals surface area contributed by atoms with E-state index in [4.69, 9.17) is 10.2 Å². The van der Waals surface area contributed by atoms with Crippen LogP contribution in [-0.2, 0) is 6.42 Å². The van der Waals surface area contributed by atoms with Gasteiger partial charge < -0.3 is 15.5 Å². The van der Waals surface area contributed by atoms with Crippen LogP contribution < -0.4 is 11.1 Å². The molecule has 5 nitrogen and oxygen atoms in total. The minimum atomic E-state index is -0.319. The smallest absolute Gasteiger partial charge is 0.273 e. The van der Waals surface area contributed by atoms with Gasteiger partial charge in [0.15, 0.2) is 5.69 Å². The van der Waals surface area contributed by atoms with Gasteiger partial charge in [-0.15, -0.1) is 0 Å². The van der Waals surface area contributed by atoms with E-state index in [0.717, 1.165) is 17.5 Å². The second kappa shape index (κ2) is 9.33. The molecule has 0 radical (unpaired) electrons. The number of hydrogen-bond acceptors (Lipinski definition) is 4. The van der Waals surface area contributed by atoms with Crippen LogP contribution in [0.3, 0.4) is 0 Å². The molecule has 0 aliphatic carbocycles. The molecule has 0 saturated heterocycles. The van der Waals surface area contributed by atoms with Crippen molar-refractivity contribution >= 4 is 5.91 Å². The third-order valence-corrected chi connectivity index (χ3v) is 5.09. The SMILES string of the molecule is CCC(C)C(N)c1nc(C(=O)NC(Cc2ccccc2)c2ccccc2)co1. The van der Waals surface area contributed by atoms with Gasteiger partial charge in [-0.05, 0) is 23.5 Å². The molecule has 1 heterocycles. The van der Waals surface area contributed by atoms with Crippen LogP contribution in [0.25, 0.3) is 0 Å². The fourth-order valence-corrected chi connectivity index (χ4v) is 3.06. The molecule has 1 amide bonds. The molecule has 3 rings (SSSR count). The first kappa shape index (κ1) is 19.8. The highest BCUT2D eigenvalue weighted by atomic mass is 16.3. The highest BCUT2D eigenvalue weighted by molar-refractivity contribution is 5.92. The zero-order valence-corrected chi connectivity index (χ0v) is 16.3. The monoisotopic (exact) mass is 377 g/mol. The normalized spacial score (nSPS) is 14.2. The number of aromatic nitrogens is 1. The van der Waals surface area contributed by atoms with Crippen molar-refractivity contribution in [3.8, 4) is 0 Å². The van der Waals surface area contributed by atoms with Crippen LogP contribution in [0.4, 0.5) is 0 Å². The summed E-state index contributed by atoms with van der Waals surface area (Å²) in [6.45, 7) is 4.11. The summed E-state index contributed by atoms with van der Waals surface area (Å²) in [5.74, 6) is 0.361. The maximum Gasteiger partial charge on any atom is 0.273 e. The van der Waals surface area contributed by atoms with E-state index in [9.17, 15) is 4.79 Å². The second-order valence-electron chi connectivity index (χ2n) is 7.11. The van der Waals surface area contributed by atoms with Crippen molar-refractivity contribution < 1.29 is 9.21 Å². The molecule has 2 aromatic carbocycles. The Bertz CT molecular complexity index is 877. The molecule has 3 aromatic rings. The van der Waals surface area contributed by atoms with Gasteiger partial charge in [0.05, 0.1) is 12.1 Å². The number of nitrogens with zero attached hydrogens (tertiary/aromatic N) is 1. The van der Waals surface area contributed by atoms with E-state index in [1.54, 1.807) is 0 Å². The first-order valence-electron chi connectivity index (χ1n) is 9.69. The summed E-state index contributed by atoms with van der Waals surface area (Å²) >= 11 is 0. The van der Waals surface area contributed by atoms with Crippen molar-refractivity contribution in [2.45, 2.75) is 38.8 Å². The van der Waals surface area contributed by atoms with Crippen molar-refractivity contribution in [2.24, 2.45) is 11.7 Å². The summed E-state index contributed by atoms with van der Waals surface area (Å²) < 4.78 is 5.48. The van der Waals surface area contributed by atoms with Gasteiger partial charge >= 0.3 is 0 Å². The Kier molecular flexibility index (Phi) is 6.61. The van der Waals surface area contributed by atoms with Gasteiger partial charge in [-0.3, -0.25) is 4.79 Å². The molecule has 0 spiro atoms. The van der Waals surface area contributed by atoms with Crippen LogP contribution in [-0.4, -0.2) is 10.9 Å². The first-order chi connectivity index (χ1) is 13.6. The van der Waals surface area contributed by atoms with Crippen LogP contribution in [0.5, 0.6) is 0 Å². The first-order valence-corrected chi connectivity index (χ1v) is 9.69. The number of rotatable bonds is 8. The van der Waals surface area contributed by atoms with Crippen molar-refractivity contribution in [2.75, 3.05) is 0 Å². The number of amides is 1. The maximum atomic E-state index is 12.8. The van der Waals surface area contributed by atoms with Crippen LogP contribution in [0, 0.1) is 5.92 Å². The summed E-state index contributed by atoms with van der Waals surface area (Å²) in [6.07, 6.45) is 2.99. The number of benzene rings is 2. The van der Waals surface area contributed by atoms with Gasteiger partial charge in [-0.25, -0.2) is 4.98 Å². The Morgan fingerprint density at radius 2 is 1.75 bits per heavy atom. The minimum absolute atomic E-state index is 0.167. The second-order valence-corrected chi connectivity index (χ2v) is 7.11. The molecule has 3 unspecified atom stereocenters. The van der Waals surface area contributed by atoms with E-state index in [2.05, 4.69) is 29.4 Å². The Hall–Kier alpha value is -2.92. The molecule has 0 saturated carbocycles. The molecule has 0 aliphatic rings. The van der Waals surface area contributed by atoms with Crippen LogP contribution in [0.2, 0.25) is 0 Å². The summed E-state index contributed by atoms with van der Waals surface area (Å²) in [5.41, 5.74) is 8.61. The molecule has 0 fully saturated rings. The number of nitrogens with two attached hydrogens (primary N) is 1. The highest BCUT2D eigenvalue weighted by Gasteiger charge is 2.23. The lowest BCUT2D eigenvalue weighted by molar-refractivity contribution is 0.0931. The van der Waals surface area contributed by atoms with Crippen LogP contribution in [0.15, 0.2) is 71.3 Å². The zero-order valence-electron chi connectivity index (χ0n) is 16.3. The third-order valence-electron chi connectivity index (χ3n) is 5.09. The van der Waals surface area contributed by atoms with Crippen molar-refractivity contribution in [1.82, 2.24) is 10.3 Å². The molecule has 0 aliphatic heterocycles. The van der Waals surface area contributed by atoms with E-state index < -0.39 is 0 Å².